The Bertz CT molecular complexity index is 487. The number of piperidine rings is 1. The summed E-state index contributed by atoms with van der Waals surface area (Å²) in [5, 5.41) is 8.63. The van der Waals surface area contributed by atoms with Crippen LogP contribution in [0.2, 0.25) is 0 Å². The van der Waals surface area contributed by atoms with E-state index < -0.39 is 5.97 Å². The molecule has 0 bridgehead atoms. The number of carbonyl (C=O) groups is 2. The second-order valence-corrected chi connectivity index (χ2v) is 5.13. The summed E-state index contributed by atoms with van der Waals surface area (Å²) < 4.78 is 0. The van der Waals surface area contributed by atoms with Gasteiger partial charge in [0.15, 0.2) is 0 Å². The Morgan fingerprint density at radius 1 is 1.40 bits per heavy atom. The minimum atomic E-state index is -0.833. The third-order valence-electron chi connectivity index (χ3n) is 3.61. The summed E-state index contributed by atoms with van der Waals surface area (Å²) in [6, 6.07) is 0. The Labute approximate surface area is 117 Å². The first kappa shape index (κ1) is 14.4. The molecule has 0 unspecified atom stereocenters. The normalized spacial score (nSPS) is 18.9. The highest BCUT2D eigenvalue weighted by Gasteiger charge is 2.23. The van der Waals surface area contributed by atoms with Crippen LogP contribution < -0.4 is 0 Å². The van der Waals surface area contributed by atoms with Crippen LogP contribution >= 0.6 is 0 Å². The van der Waals surface area contributed by atoms with Gasteiger partial charge in [0.2, 0.25) is 5.91 Å². The quantitative estimate of drug-likeness (QED) is 0.894. The molecule has 0 radical (unpaired) electrons. The van der Waals surface area contributed by atoms with Crippen molar-refractivity contribution in [2.75, 3.05) is 13.1 Å². The third-order valence-corrected chi connectivity index (χ3v) is 3.61. The molecule has 1 N–H and O–H groups in total. The lowest BCUT2D eigenvalue weighted by atomic mass is 9.95. The van der Waals surface area contributed by atoms with Crippen LogP contribution in [0.4, 0.5) is 0 Å². The van der Waals surface area contributed by atoms with Crippen LogP contribution in [0.25, 0.3) is 0 Å². The van der Waals surface area contributed by atoms with Crippen LogP contribution in [0, 0.1) is 0 Å². The first-order valence-corrected chi connectivity index (χ1v) is 6.84. The first-order valence-electron chi connectivity index (χ1n) is 6.84. The van der Waals surface area contributed by atoms with Gasteiger partial charge in [-0.3, -0.25) is 19.6 Å². The van der Waals surface area contributed by atoms with E-state index in [0.29, 0.717) is 18.7 Å². The van der Waals surface area contributed by atoms with Crippen LogP contribution in [-0.4, -0.2) is 44.9 Å². The summed E-state index contributed by atoms with van der Waals surface area (Å²) in [5.74, 6) is -0.505. The number of aliphatic carboxylic acids is 1. The van der Waals surface area contributed by atoms with Crippen molar-refractivity contribution in [1.82, 2.24) is 14.9 Å². The molecule has 1 aliphatic heterocycles. The number of aromatic nitrogens is 2. The standard InChI is InChI=1S/C14H19N3O3/c1-10(18)17-6-2-3-11(9-17)13-8-15-12(7-16-13)4-5-14(19)20/h7-8,11H,2-6,9H2,1H3,(H,19,20)/t11-/m0/s1. The molecule has 20 heavy (non-hydrogen) atoms. The molecular formula is C14H19N3O3. The average Bonchev–Trinajstić information content (AvgIpc) is 2.46. The Balaban J connectivity index is 1.98. The topological polar surface area (TPSA) is 83.4 Å². The fourth-order valence-corrected chi connectivity index (χ4v) is 2.44. The van der Waals surface area contributed by atoms with Crippen LogP contribution in [-0.2, 0) is 16.0 Å². The Hall–Kier alpha value is -1.98. The van der Waals surface area contributed by atoms with Gasteiger partial charge in [0.05, 0.1) is 17.8 Å². The zero-order valence-corrected chi connectivity index (χ0v) is 11.6. The molecule has 1 saturated heterocycles. The molecule has 108 valence electrons. The number of hydrogen-bond donors (Lipinski definition) is 1. The van der Waals surface area contributed by atoms with Crippen LogP contribution in [0.3, 0.4) is 0 Å². The van der Waals surface area contributed by atoms with E-state index in [1.807, 2.05) is 4.90 Å². The maximum absolute atomic E-state index is 11.4. The number of carbonyl (C=O) groups excluding carboxylic acids is 1. The van der Waals surface area contributed by atoms with Crippen molar-refractivity contribution in [3.8, 4) is 0 Å². The maximum atomic E-state index is 11.4. The van der Waals surface area contributed by atoms with Gasteiger partial charge in [-0.25, -0.2) is 0 Å². The van der Waals surface area contributed by atoms with E-state index in [0.717, 1.165) is 25.1 Å². The molecule has 6 heteroatoms. The maximum Gasteiger partial charge on any atom is 0.303 e. The lowest BCUT2D eigenvalue weighted by molar-refractivity contribution is -0.137. The van der Waals surface area contributed by atoms with Crippen LogP contribution in [0.1, 0.15) is 43.5 Å². The zero-order valence-electron chi connectivity index (χ0n) is 11.6. The fraction of sp³-hybridized carbons (Fsp3) is 0.571. The second kappa shape index (κ2) is 6.45. The smallest absolute Gasteiger partial charge is 0.303 e. The van der Waals surface area contributed by atoms with E-state index in [2.05, 4.69) is 9.97 Å². The number of carboxylic acids is 1. The van der Waals surface area contributed by atoms with Gasteiger partial charge in [-0.05, 0) is 12.8 Å². The first-order chi connectivity index (χ1) is 9.56. The molecule has 2 rings (SSSR count). The monoisotopic (exact) mass is 277 g/mol. The molecule has 1 atom stereocenters. The van der Waals surface area contributed by atoms with Gasteiger partial charge >= 0.3 is 5.97 Å². The SMILES string of the molecule is CC(=O)N1CCC[C@H](c2cnc(CCC(=O)O)cn2)C1. The minimum Gasteiger partial charge on any atom is -0.481 e. The van der Waals surface area contributed by atoms with Crippen molar-refractivity contribution in [2.24, 2.45) is 0 Å². The van der Waals surface area contributed by atoms with Crippen molar-refractivity contribution in [3.05, 3.63) is 23.8 Å². The molecule has 1 amide bonds. The lowest BCUT2D eigenvalue weighted by Gasteiger charge is -2.31. The summed E-state index contributed by atoms with van der Waals surface area (Å²) in [7, 11) is 0. The molecule has 0 saturated carbocycles. The van der Waals surface area contributed by atoms with E-state index >= 15 is 0 Å². The fourth-order valence-electron chi connectivity index (χ4n) is 2.44. The summed E-state index contributed by atoms with van der Waals surface area (Å²) in [6.07, 6.45) is 5.80. The van der Waals surface area contributed by atoms with E-state index in [-0.39, 0.29) is 18.2 Å². The molecule has 0 spiro atoms. The van der Waals surface area contributed by atoms with Gasteiger partial charge in [0.1, 0.15) is 0 Å². The molecule has 6 nitrogen and oxygen atoms in total. The van der Waals surface area contributed by atoms with Gasteiger partial charge in [-0.1, -0.05) is 0 Å². The molecule has 1 fully saturated rings. The molecule has 1 aromatic rings. The Morgan fingerprint density at radius 2 is 2.20 bits per heavy atom. The van der Waals surface area contributed by atoms with Gasteiger partial charge in [-0.2, -0.15) is 0 Å². The van der Waals surface area contributed by atoms with Gasteiger partial charge < -0.3 is 10.0 Å². The number of rotatable bonds is 4. The van der Waals surface area contributed by atoms with E-state index in [1.54, 1.807) is 19.3 Å². The minimum absolute atomic E-state index is 0.0650. The van der Waals surface area contributed by atoms with Crippen molar-refractivity contribution < 1.29 is 14.7 Å². The highest BCUT2D eigenvalue weighted by molar-refractivity contribution is 5.73. The number of nitrogens with zero attached hydrogens (tertiary/aromatic N) is 3. The molecule has 1 aromatic heterocycles. The summed E-state index contributed by atoms with van der Waals surface area (Å²) >= 11 is 0. The van der Waals surface area contributed by atoms with Crippen LogP contribution in [0.5, 0.6) is 0 Å². The van der Waals surface area contributed by atoms with Gasteiger partial charge in [-0.15, -0.1) is 0 Å². The molecule has 0 aliphatic carbocycles. The average molecular weight is 277 g/mol. The van der Waals surface area contributed by atoms with E-state index in [9.17, 15) is 9.59 Å². The number of likely N-dealkylation sites (tertiary alicyclic amines) is 1. The summed E-state index contributed by atoms with van der Waals surface area (Å²) in [5.41, 5.74) is 1.57. The van der Waals surface area contributed by atoms with E-state index in [4.69, 9.17) is 5.11 Å². The summed E-state index contributed by atoms with van der Waals surface area (Å²) in [4.78, 5) is 32.4. The second-order valence-electron chi connectivity index (χ2n) is 5.13. The highest BCUT2D eigenvalue weighted by Crippen LogP contribution is 2.25. The molecule has 2 heterocycles. The number of aryl methyl sites for hydroxylation is 1. The predicted octanol–water partition coefficient (Wildman–Crippen LogP) is 1.22. The van der Waals surface area contributed by atoms with E-state index in [1.165, 1.54) is 0 Å². The third kappa shape index (κ3) is 3.76. The number of hydrogen-bond acceptors (Lipinski definition) is 4. The summed E-state index contributed by atoms with van der Waals surface area (Å²) in [6.45, 7) is 3.09. The number of amides is 1. The highest BCUT2D eigenvalue weighted by atomic mass is 16.4. The van der Waals surface area contributed by atoms with Gasteiger partial charge in [0, 0.05) is 44.7 Å². The largest absolute Gasteiger partial charge is 0.481 e. The molecule has 0 aromatic carbocycles. The number of carboxylic acid groups (broad SMARTS) is 1. The van der Waals surface area contributed by atoms with Crippen molar-refractivity contribution in [2.45, 2.75) is 38.5 Å². The zero-order chi connectivity index (χ0) is 14.5. The molecule has 1 aliphatic rings. The van der Waals surface area contributed by atoms with Crippen LogP contribution in [0.15, 0.2) is 12.4 Å². The van der Waals surface area contributed by atoms with Crippen molar-refractivity contribution in [3.63, 3.8) is 0 Å². The van der Waals surface area contributed by atoms with Gasteiger partial charge in [0.25, 0.3) is 0 Å². The van der Waals surface area contributed by atoms with Crippen molar-refractivity contribution in [1.29, 1.82) is 0 Å². The predicted molar refractivity (Wildman–Crippen MR) is 72.2 cm³/mol. The van der Waals surface area contributed by atoms with Crippen molar-refractivity contribution >= 4 is 11.9 Å². The molecular weight excluding hydrogens is 258 g/mol. The Kier molecular flexibility index (Phi) is 4.65. The Morgan fingerprint density at radius 3 is 2.80 bits per heavy atom. The lowest BCUT2D eigenvalue weighted by Crippen LogP contribution is -2.37.